The highest BCUT2D eigenvalue weighted by molar-refractivity contribution is 7.99. The normalized spacial score (nSPS) is 11.5. The molecule has 1 amide bonds. The summed E-state index contributed by atoms with van der Waals surface area (Å²) < 4.78 is 5.59. The van der Waals surface area contributed by atoms with Gasteiger partial charge in [-0.05, 0) is 18.1 Å². The first-order valence-electron chi connectivity index (χ1n) is 7.52. The summed E-state index contributed by atoms with van der Waals surface area (Å²) in [5.41, 5.74) is 2.16. The number of hydrogen-bond donors (Lipinski definition) is 0. The Kier molecular flexibility index (Phi) is 5.46. The first-order valence-corrected chi connectivity index (χ1v) is 8.51. The zero-order chi connectivity index (χ0) is 17.0. The van der Waals surface area contributed by atoms with Gasteiger partial charge in [0.15, 0.2) is 0 Å². The molecule has 0 fully saturated rings. The summed E-state index contributed by atoms with van der Waals surface area (Å²) >= 11 is 1.28. The van der Waals surface area contributed by atoms with Gasteiger partial charge in [0, 0.05) is 19.0 Å². The molecule has 124 valence electrons. The number of thioether (sulfide) groups is 1. The first kappa shape index (κ1) is 17.5. The number of nitrogens with zero attached hydrogens (tertiary/aromatic N) is 3. The average Bonchev–Trinajstić information content (AvgIpc) is 2.96. The topological polar surface area (TPSA) is 59.2 Å². The number of aryl methyl sites for hydroxylation is 1. The van der Waals surface area contributed by atoms with E-state index in [1.807, 2.05) is 46.0 Å². The van der Waals surface area contributed by atoms with E-state index in [9.17, 15) is 4.79 Å². The van der Waals surface area contributed by atoms with Gasteiger partial charge in [0.1, 0.15) is 0 Å². The van der Waals surface area contributed by atoms with Crippen LogP contribution in [0, 0.1) is 6.92 Å². The molecule has 0 saturated carbocycles. The lowest BCUT2D eigenvalue weighted by Crippen LogP contribution is -2.28. The third kappa shape index (κ3) is 4.82. The molecule has 0 bridgehead atoms. The second-order valence-electron chi connectivity index (χ2n) is 6.59. The van der Waals surface area contributed by atoms with Gasteiger partial charge in [0.2, 0.25) is 11.8 Å². The molecular weight excluding hydrogens is 310 g/mol. The van der Waals surface area contributed by atoms with E-state index in [4.69, 9.17) is 4.42 Å². The van der Waals surface area contributed by atoms with Gasteiger partial charge in [0.05, 0.1) is 5.75 Å². The molecule has 23 heavy (non-hydrogen) atoms. The van der Waals surface area contributed by atoms with Crippen LogP contribution in [0.1, 0.15) is 37.8 Å². The summed E-state index contributed by atoms with van der Waals surface area (Å²) in [6.45, 7) is 8.68. The lowest BCUT2D eigenvalue weighted by atomic mass is 9.97. The molecule has 2 rings (SSSR count). The SMILES string of the molecule is Cc1ccccc1CN(C)C(=O)CSc1nnc(C(C)(C)C)o1. The maximum atomic E-state index is 12.3. The number of aromatic nitrogens is 2. The molecule has 0 atom stereocenters. The molecule has 0 radical (unpaired) electrons. The Morgan fingerprint density at radius 3 is 2.57 bits per heavy atom. The molecule has 0 unspecified atom stereocenters. The second-order valence-corrected chi connectivity index (χ2v) is 7.51. The Hall–Kier alpha value is -1.82. The number of hydrogen-bond acceptors (Lipinski definition) is 5. The van der Waals surface area contributed by atoms with Gasteiger partial charge in [-0.25, -0.2) is 0 Å². The molecule has 0 aliphatic heterocycles. The summed E-state index contributed by atoms with van der Waals surface area (Å²) in [6, 6.07) is 8.08. The van der Waals surface area contributed by atoms with Gasteiger partial charge in [-0.3, -0.25) is 4.79 Å². The highest BCUT2D eigenvalue weighted by atomic mass is 32.2. The van der Waals surface area contributed by atoms with Gasteiger partial charge in [-0.2, -0.15) is 0 Å². The van der Waals surface area contributed by atoms with E-state index in [2.05, 4.69) is 23.2 Å². The molecule has 0 saturated heterocycles. The maximum absolute atomic E-state index is 12.3. The van der Waals surface area contributed by atoms with Crippen molar-refractivity contribution in [3.8, 4) is 0 Å². The van der Waals surface area contributed by atoms with Crippen LogP contribution in [0.5, 0.6) is 0 Å². The van der Waals surface area contributed by atoms with Crippen LogP contribution in [0.4, 0.5) is 0 Å². The summed E-state index contributed by atoms with van der Waals surface area (Å²) in [5, 5.41) is 8.45. The van der Waals surface area contributed by atoms with E-state index in [1.54, 1.807) is 4.90 Å². The van der Waals surface area contributed by atoms with Gasteiger partial charge >= 0.3 is 0 Å². The smallest absolute Gasteiger partial charge is 0.277 e. The molecule has 1 heterocycles. The van der Waals surface area contributed by atoms with Crippen molar-refractivity contribution in [1.82, 2.24) is 15.1 Å². The molecule has 1 aromatic carbocycles. The fourth-order valence-corrected chi connectivity index (χ4v) is 2.64. The van der Waals surface area contributed by atoms with Gasteiger partial charge < -0.3 is 9.32 Å². The highest BCUT2D eigenvalue weighted by Gasteiger charge is 2.22. The number of benzene rings is 1. The molecule has 0 N–H and O–H groups in total. The Bertz CT molecular complexity index is 676. The molecule has 0 spiro atoms. The van der Waals surface area contributed by atoms with E-state index in [0.29, 0.717) is 17.7 Å². The second kappa shape index (κ2) is 7.17. The molecule has 0 aliphatic rings. The quantitative estimate of drug-likeness (QED) is 0.785. The van der Waals surface area contributed by atoms with Crippen LogP contribution < -0.4 is 0 Å². The van der Waals surface area contributed by atoms with Crippen LogP contribution in [-0.4, -0.2) is 33.8 Å². The van der Waals surface area contributed by atoms with Crippen molar-refractivity contribution >= 4 is 17.7 Å². The van der Waals surface area contributed by atoms with Crippen molar-refractivity contribution < 1.29 is 9.21 Å². The van der Waals surface area contributed by atoms with E-state index in [-0.39, 0.29) is 17.1 Å². The Morgan fingerprint density at radius 2 is 1.96 bits per heavy atom. The van der Waals surface area contributed by atoms with Crippen LogP contribution in [-0.2, 0) is 16.8 Å². The summed E-state index contributed by atoms with van der Waals surface area (Å²) in [5.74, 6) is 0.906. The fourth-order valence-electron chi connectivity index (χ4n) is 1.94. The predicted octanol–water partition coefficient (Wildman–Crippen LogP) is 3.43. The molecule has 6 heteroatoms. The predicted molar refractivity (Wildman–Crippen MR) is 91.4 cm³/mol. The summed E-state index contributed by atoms with van der Waals surface area (Å²) in [4.78, 5) is 14.0. The summed E-state index contributed by atoms with van der Waals surface area (Å²) in [7, 11) is 1.81. The third-order valence-corrected chi connectivity index (χ3v) is 4.26. The summed E-state index contributed by atoms with van der Waals surface area (Å²) in [6.07, 6.45) is 0. The standard InChI is InChI=1S/C17H23N3O2S/c1-12-8-6-7-9-13(12)10-20(5)14(21)11-23-16-19-18-15(22-16)17(2,3)4/h6-9H,10-11H2,1-5H3. The molecular formula is C17H23N3O2S. The average molecular weight is 333 g/mol. The Morgan fingerprint density at radius 1 is 1.26 bits per heavy atom. The van der Waals surface area contributed by atoms with Crippen LogP contribution in [0.25, 0.3) is 0 Å². The van der Waals surface area contributed by atoms with Crippen LogP contribution >= 0.6 is 11.8 Å². The van der Waals surface area contributed by atoms with Crippen molar-refractivity contribution in [1.29, 1.82) is 0 Å². The van der Waals surface area contributed by atoms with E-state index >= 15 is 0 Å². The first-order chi connectivity index (χ1) is 10.8. The van der Waals surface area contributed by atoms with Gasteiger partial charge in [-0.15, -0.1) is 10.2 Å². The van der Waals surface area contributed by atoms with Crippen molar-refractivity contribution in [3.63, 3.8) is 0 Å². The van der Waals surface area contributed by atoms with Crippen LogP contribution in [0.15, 0.2) is 33.9 Å². The third-order valence-electron chi connectivity index (χ3n) is 3.46. The van der Waals surface area contributed by atoms with Crippen molar-refractivity contribution in [2.75, 3.05) is 12.8 Å². The van der Waals surface area contributed by atoms with Crippen LogP contribution in [0.3, 0.4) is 0 Å². The minimum atomic E-state index is -0.183. The largest absolute Gasteiger partial charge is 0.415 e. The van der Waals surface area contributed by atoms with Gasteiger partial charge in [-0.1, -0.05) is 56.8 Å². The highest BCUT2D eigenvalue weighted by Crippen LogP contribution is 2.24. The zero-order valence-electron chi connectivity index (χ0n) is 14.3. The fraction of sp³-hybridized carbons (Fsp3) is 0.471. The number of rotatable bonds is 5. The molecule has 0 aliphatic carbocycles. The lowest BCUT2D eigenvalue weighted by Gasteiger charge is -2.18. The zero-order valence-corrected chi connectivity index (χ0v) is 15.1. The van der Waals surface area contributed by atoms with Gasteiger partial charge in [0.25, 0.3) is 5.22 Å². The molecule has 2 aromatic rings. The van der Waals surface area contributed by atoms with E-state index in [0.717, 1.165) is 5.56 Å². The number of carbonyl (C=O) groups excluding carboxylic acids is 1. The van der Waals surface area contributed by atoms with Crippen LogP contribution in [0.2, 0.25) is 0 Å². The van der Waals surface area contributed by atoms with Crippen molar-refractivity contribution in [3.05, 3.63) is 41.3 Å². The van der Waals surface area contributed by atoms with E-state index in [1.165, 1.54) is 17.3 Å². The minimum absolute atomic E-state index is 0.0359. The Labute approximate surface area is 141 Å². The minimum Gasteiger partial charge on any atom is -0.415 e. The monoisotopic (exact) mass is 333 g/mol. The molecule has 1 aromatic heterocycles. The number of carbonyl (C=O) groups is 1. The van der Waals surface area contributed by atoms with Crippen molar-refractivity contribution in [2.24, 2.45) is 0 Å². The van der Waals surface area contributed by atoms with Crippen molar-refractivity contribution in [2.45, 2.75) is 44.9 Å². The maximum Gasteiger partial charge on any atom is 0.277 e. The Balaban J connectivity index is 1.89. The van der Waals surface area contributed by atoms with E-state index < -0.39 is 0 Å². The number of amides is 1. The lowest BCUT2D eigenvalue weighted by molar-refractivity contribution is -0.127. The molecule has 5 nitrogen and oxygen atoms in total.